The lowest BCUT2D eigenvalue weighted by Crippen LogP contribution is -2.24. The molecule has 0 amide bonds. The third kappa shape index (κ3) is 2.25. The molecule has 2 aromatic carbocycles. The average molecular weight is 268 g/mol. The van der Waals surface area contributed by atoms with Crippen LogP contribution in [0.1, 0.15) is 17.5 Å². The maximum Gasteiger partial charge on any atom is 0.269 e. The van der Waals surface area contributed by atoms with Gasteiger partial charge in [-0.25, -0.2) is 0 Å². The maximum absolute atomic E-state index is 10.7. The Morgan fingerprint density at radius 3 is 2.60 bits per heavy atom. The van der Waals surface area contributed by atoms with E-state index in [1.807, 2.05) is 12.1 Å². The van der Waals surface area contributed by atoms with Crippen molar-refractivity contribution in [2.75, 3.05) is 11.4 Å². The van der Waals surface area contributed by atoms with Crippen LogP contribution >= 0.6 is 0 Å². The van der Waals surface area contributed by atoms with E-state index in [1.54, 1.807) is 12.1 Å². The second-order valence-corrected chi connectivity index (χ2v) is 5.16. The molecule has 0 saturated heterocycles. The zero-order chi connectivity index (χ0) is 14.1. The number of nitro groups is 1. The molecule has 0 fully saturated rings. The van der Waals surface area contributed by atoms with Crippen LogP contribution < -0.4 is 4.90 Å². The number of aryl methyl sites for hydroxylation is 2. The van der Waals surface area contributed by atoms with Crippen LogP contribution in [-0.2, 0) is 6.42 Å². The van der Waals surface area contributed by atoms with Gasteiger partial charge < -0.3 is 4.90 Å². The molecule has 0 aromatic heterocycles. The lowest BCUT2D eigenvalue weighted by atomic mass is 9.99. The van der Waals surface area contributed by atoms with Gasteiger partial charge in [-0.1, -0.05) is 17.7 Å². The first-order valence-electron chi connectivity index (χ1n) is 6.77. The normalized spacial score (nSPS) is 13.9. The van der Waals surface area contributed by atoms with E-state index in [0.29, 0.717) is 0 Å². The van der Waals surface area contributed by atoms with Gasteiger partial charge in [0.1, 0.15) is 0 Å². The summed E-state index contributed by atoms with van der Waals surface area (Å²) in [6, 6.07) is 13.3. The first-order chi connectivity index (χ1) is 9.65. The SMILES string of the molecule is Cc1ccc2c(c1)CCCN2c1ccc([N+](=O)[O-])cc1. The first kappa shape index (κ1) is 12.7. The monoisotopic (exact) mass is 268 g/mol. The molecule has 0 saturated carbocycles. The van der Waals surface area contributed by atoms with E-state index in [4.69, 9.17) is 0 Å². The van der Waals surface area contributed by atoms with Gasteiger partial charge in [-0.3, -0.25) is 10.1 Å². The summed E-state index contributed by atoms with van der Waals surface area (Å²) < 4.78 is 0. The van der Waals surface area contributed by atoms with Crippen molar-refractivity contribution in [1.82, 2.24) is 0 Å². The molecule has 0 unspecified atom stereocenters. The van der Waals surface area contributed by atoms with Gasteiger partial charge in [-0.05, 0) is 43.5 Å². The van der Waals surface area contributed by atoms with Gasteiger partial charge in [0.15, 0.2) is 0 Å². The highest BCUT2D eigenvalue weighted by Crippen LogP contribution is 2.34. The van der Waals surface area contributed by atoms with Crippen molar-refractivity contribution < 1.29 is 4.92 Å². The summed E-state index contributed by atoms with van der Waals surface area (Å²) in [4.78, 5) is 12.6. The molecule has 4 heteroatoms. The Kier molecular flexibility index (Phi) is 3.14. The lowest BCUT2D eigenvalue weighted by Gasteiger charge is -2.31. The predicted octanol–water partition coefficient (Wildman–Crippen LogP) is 3.99. The Bertz CT molecular complexity index is 650. The molecule has 2 aromatic rings. The molecule has 1 aliphatic rings. The van der Waals surface area contributed by atoms with Crippen molar-refractivity contribution in [3.63, 3.8) is 0 Å². The fraction of sp³-hybridized carbons (Fsp3) is 0.250. The van der Waals surface area contributed by atoms with E-state index < -0.39 is 0 Å². The Morgan fingerprint density at radius 1 is 1.15 bits per heavy atom. The summed E-state index contributed by atoms with van der Waals surface area (Å²) in [5, 5.41) is 10.7. The van der Waals surface area contributed by atoms with Crippen molar-refractivity contribution in [3.8, 4) is 0 Å². The van der Waals surface area contributed by atoms with Crippen molar-refractivity contribution in [2.45, 2.75) is 19.8 Å². The Balaban J connectivity index is 1.98. The summed E-state index contributed by atoms with van der Waals surface area (Å²) in [6.07, 6.45) is 2.20. The van der Waals surface area contributed by atoms with E-state index in [1.165, 1.54) is 16.8 Å². The van der Waals surface area contributed by atoms with E-state index in [-0.39, 0.29) is 10.6 Å². The van der Waals surface area contributed by atoms with Gasteiger partial charge in [0.25, 0.3) is 5.69 Å². The summed E-state index contributed by atoms with van der Waals surface area (Å²) in [5.74, 6) is 0. The number of nitrogens with zero attached hydrogens (tertiary/aromatic N) is 2. The second-order valence-electron chi connectivity index (χ2n) is 5.16. The minimum atomic E-state index is -0.364. The Morgan fingerprint density at radius 2 is 1.90 bits per heavy atom. The number of rotatable bonds is 2. The molecule has 0 N–H and O–H groups in total. The zero-order valence-corrected chi connectivity index (χ0v) is 11.4. The molecular formula is C16H16N2O2. The lowest BCUT2D eigenvalue weighted by molar-refractivity contribution is -0.384. The quantitative estimate of drug-likeness (QED) is 0.611. The number of hydrogen-bond donors (Lipinski definition) is 0. The van der Waals surface area contributed by atoms with Crippen LogP contribution in [0.2, 0.25) is 0 Å². The third-order valence-electron chi connectivity index (χ3n) is 3.73. The van der Waals surface area contributed by atoms with Gasteiger partial charge in [-0.2, -0.15) is 0 Å². The minimum absolute atomic E-state index is 0.134. The van der Waals surface area contributed by atoms with E-state index in [0.717, 1.165) is 25.1 Å². The highest BCUT2D eigenvalue weighted by Gasteiger charge is 2.18. The fourth-order valence-electron chi connectivity index (χ4n) is 2.75. The highest BCUT2D eigenvalue weighted by atomic mass is 16.6. The molecule has 20 heavy (non-hydrogen) atoms. The molecule has 1 heterocycles. The van der Waals surface area contributed by atoms with Crippen molar-refractivity contribution in [1.29, 1.82) is 0 Å². The standard InChI is InChI=1S/C16H16N2O2/c1-12-4-9-16-13(11-12)3-2-10-17(16)14-5-7-15(8-6-14)18(19)20/h4-9,11H,2-3,10H2,1H3. The van der Waals surface area contributed by atoms with Gasteiger partial charge >= 0.3 is 0 Å². The van der Waals surface area contributed by atoms with Crippen LogP contribution in [0.3, 0.4) is 0 Å². The van der Waals surface area contributed by atoms with Crippen LogP contribution in [-0.4, -0.2) is 11.5 Å². The molecule has 0 spiro atoms. The largest absolute Gasteiger partial charge is 0.341 e. The molecule has 0 radical (unpaired) electrons. The molecule has 102 valence electrons. The molecule has 0 atom stereocenters. The van der Waals surface area contributed by atoms with Crippen LogP contribution in [0.4, 0.5) is 17.1 Å². The average Bonchev–Trinajstić information content (AvgIpc) is 2.46. The molecule has 0 aliphatic carbocycles. The summed E-state index contributed by atoms with van der Waals surface area (Å²) in [7, 11) is 0. The molecule has 4 nitrogen and oxygen atoms in total. The predicted molar refractivity (Wildman–Crippen MR) is 79.6 cm³/mol. The number of non-ortho nitro benzene ring substituents is 1. The number of hydrogen-bond acceptors (Lipinski definition) is 3. The minimum Gasteiger partial charge on any atom is -0.341 e. The van der Waals surface area contributed by atoms with E-state index in [2.05, 4.69) is 30.0 Å². The smallest absolute Gasteiger partial charge is 0.269 e. The topological polar surface area (TPSA) is 46.4 Å². The Labute approximate surface area is 117 Å². The van der Waals surface area contributed by atoms with Crippen LogP contribution in [0, 0.1) is 17.0 Å². The second kappa shape index (κ2) is 4.96. The van der Waals surface area contributed by atoms with Gasteiger partial charge in [0.05, 0.1) is 4.92 Å². The van der Waals surface area contributed by atoms with Crippen LogP contribution in [0.5, 0.6) is 0 Å². The number of anilines is 2. The third-order valence-corrected chi connectivity index (χ3v) is 3.73. The summed E-state index contributed by atoms with van der Waals surface area (Å²) in [5.41, 5.74) is 5.00. The Hall–Kier alpha value is -2.36. The van der Waals surface area contributed by atoms with Gasteiger partial charge in [0, 0.05) is 30.1 Å². The van der Waals surface area contributed by atoms with Gasteiger partial charge in [-0.15, -0.1) is 0 Å². The molecule has 0 bridgehead atoms. The summed E-state index contributed by atoms with van der Waals surface area (Å²) in [6.45, 7) is 3.05. The van der Waals surface area contributed by atoms with Crippen LogP contribution in [0.15, 0.2) is 42.5 Å². The molecular weight excluding hydrogens is 252 g/mol. The number of fused-ring (bicyclic) bond motifs is 1. The molecule has 1 aliphatic heterocycles. The van der Waals surface area contributed by atoms with Crippen LogP contribution in [0.25, 0.3) is 0 Å². The first-order valence-corrected chi connectivity index (χ1v) is 6.77. The molecule has 3 rings (SSSR count). The van der Waals surface area contributed by atoms with Crippen molar-refractivity contribution >= 4 is 17.1 Å². The van der Waals surface area contributed by atoms with E-state index in [9.17, 15) is 10.1 Å². The van der Waals surface area contributed by atoms with Gasteiger partial charge in [0.2, 0.25) is 0 Å². The number of nitro benzene ring substituents is 1. The number of benzene rings is 2. The highest BCUT2D eigenvalue weighted by molar-refractivity contribution is 5.69. The van der Waals surface area contributed by atoms with Crippen molar-refractivity contribution in [2.24, 2.45) is 0 Å². The van der Waals surface area contributed by atoms with Crippen molar-refractivity contribution in [3.05, 3.63) is 63.7 Å². The van der Waals surface area contributed by atoms with E-state index >= 15 is 0 Å². The maximum atomic E-state index is 10.7. The zero-order valence-electron chi connectivity index (χ0n) is 11.4. The fourth-order valence-corrected chi connectivity index (χ4v) is 2.75. The summed E-state index contributed by atoms with van der Waals surface area (Å²) >= 11 is 0.